The minimum atomic E-state index is -1.66. The molecule has 6 atom stereocenters. The Hall–Kier alpha value is -3.46. The molecule has 2 fully saturated rings. The lowest BCUT2D eigenvalue weighted by molar-refractivity contribution is -0.145. The summed E-state index contributed by atoms with van der Waals surface area (Å²) >= 11 is 0. The zero-order chi connectivity index (χ0) is 27.0. The van der Waals surface area contributed by atoms with Gasteiger partial charge in [-0.05, 0) is 38.5 Å². The molecule has 0 aromatic carbocycles. The Morgan fingerprint density at radius 2 is 1.67 bits per heavy atom. The smallest absolute Gasteiger partial charge is 0.328 e. The monoisotopic (exact) mass is 513 g/mol. The van der Waals surface area contributed by atoms with Crippen LogP contribution in [0.25, 0.3) is 0 Å². The maximum absolute atomic E-state index is 13.1. The highest BCUT2D eigenvalue weighted by atomic mass is 16.4. The molecule has 15 nitrogen and oxygen atoms in total. The number of hydrogen-bond acceptors (Lipinski definition) is 8. The average molecular weight is 514 g/mol. The van der Waals surface area contributed by atoms with Gasteiger partial charge in [0, 0.05) is 18.6 Å². The summed E-state index contributed by atoms with van der Waals surface area (Å²) in [7, 11) is 0. The van der Waals surface area contributed by atoms with Crippen molar-refractivity contribution in [1.82, 2.24) is 15.5 Å². The minimum absolute atomic E-state index is 0.0532. The third-order valence-corrected chi connectivity index (χ3v) is 6.51. The second-order valence-corrected chi connectivity index (χ2v) is 9.02. The predicted molar refractivity (Wildman–Crippen MR) is 125 cm³/mol. The van der Waals surface area contributed by atoms with Crippen LogP contribution >= 0.6 is 0 Å². The van der Waals surface area contributed by atoms with Crippen LogP contribution < -0.4 is 27.8 Å². The molecule has 0 aliphatic carbocycles. The molecule has 2 rings (SSSR count). The summed E-state index contributed by atoms with van der Waals surface area (Å²) < 4.78 is 0. The molecule has 2 saturated heterocycles. The standard InChI is InChI=1S/C21H35N7O8/c22-12(2-1-7-25-21(23)24)19(34)28-10-3-5-11(15(28)6-4-10)17(32)26-13(8-16(30)31)18(33)27-14(9-29)20(35)36/h10-15,29H,1-9,22H2,(H,26,32)(H,27,33)(H,30,31)(H,35,36)(H4,23,24,25)/t10?,11?,12-,13-,14-,15?/m0/s1. The number of aliphatic hydroxyl groups excluding tert-OH is 1. The van der Waals surface area contributed by atoms with Crippen molar-refractivity contribution in [3.8, 4) is 0 Å². The number of aliphatic hydroxyl groups is 1. The van der Waals surface area contributed by atoms with Crippen LogP contribution in [0.3, 0.4) is 0 Å². The van der Waals surface area contributed by atoms with E-state index in [0.717, 1.165) is 0 Å². The molecule has 36 heavy (non-hydrogen) atoms. The molecule has 2 heterocycles. The fourth-order valence-corrected chi connectivity index (χ4v) is 4.76. The zero-order valence-electron chi connectivity index (χ0n) is 19.8. The van der Waals surface area contributed by atoms with Gasteiger partial charge in [0.25, 0.3) is 0 Å². The number of nitrogens with two attached hydrogens (primary N) is 3. The molecule has 3 unspecified atom stereocenters. The van der Waals surface area contributed by atoms with E-state index in [4.69, 9.17) is 27.4 Å². The third-order valence-electron chi connectivity index (χ3n) is 6.51. The number of rotatable bonds is 13. The quantitative estimate of drug-likeness (QED) is 0.0685. The van der Waals surface area contributed by atoms with Gasteiger partial charge < -0.3 is 48.1 Å². The molecule has 2 aliphatic heterocycles. The first-order valence-corrected chi connectivity index (χ1v) is 11.8. The van der Waals surface area contributed by atoms with Crippen LogP contribution in [0.15, 0.2) is 4.99 Å². The molecule has 202 valence electrons. The van der Waals surface area contributed by atoms with E-state index in [0.29, 0.717) is 45.1 Å². The largest absolute Gasteiger partial charge is 0.481 e. The Balaban J connectivity index is 2.08. The van der Waals surface area contributed by atoms with Crippen molar-refractivity contribution in [3.63, 3.8) is 0 Å². The van der Waals surface area contributed by atoms with Gasteiger partial charge in [-0.1, -0.05) is 0 Å². The van der Waals surface area contributed by atoms with Crippen molar-refractivity contribution in [2.45, 2.75) is 75.2 Å². The molecule has 0 saturated carbocycles. The van der Waals surface area contributed by atoms with E-state index in [1.165, 1.54) is 0 Å². The van der Waals surface area contributed by atoms with Crippen LogP contribution in [0.5, 0.6) is 0 Å². The summed E-state index contributed by atoms with van der Waals surface area (Å²) in [4.78, 5) is 66.6. The molecule has 0 aromatic rings. The maximum Gasteiger partial charge on any atom is 0.328 e. The van der Waals surface area contributed by atoms with E-state index < -0.39 is 66.9 Å². The Labute approximate surface area is 207 Å². The lowest BCUT2D eigenvalue weighted by Crippen LogP contribution is -2.58. The normalized spacial score (nSPS) is 23.2. The van der Waals surface area contributed by atoms with E-state index >= 15 is 0 Å². The number of nitrogens with one attached hydrogen (secondary N) is 2. The van der Waals surface area contributed by atoms with E-state index in [2.05, 4.69) is 10.3 Å². The Morgan fingerprint density at radius 1 is 1.00 bits per heavy atom. The van der Waals surface area contributed by atoms with Gasteiger partial charge >= 0.3 is 11.9 Å². The number of piperidine rings is 1. The van der Waals surface area contributed by atoms with Crippen molar-refractivity contribution in [2.75, 3.05) is 13.2 Å². The Morgan fingerprint density at radius 3 is 2.25 bits per heavy atom. The van der Waals surface area contributed by atoms with Crippen molar-refractivity contribution in [1.29, 1.82) is 0 Å². The highest BCUT2D eigenvalue weighted by molar-refractivity contribution is 5.94. The van der Waals surface area contributed by atoms with Gasteiger partial charge in [0.1, 0.15) is 12.1 Å². The summed E-state index contributed by atoms with van der Waals surface area (Å²) in [5, 5.41) is 31.7. The van der Waals surface area contributed by atoms with Crippen LogP contribution in [-0.4, -0.2) is 99.2 Å². The van der Waals surface area contributed by atoms with Crippen molar-refractivity contribution >= 4 is 35.6 Å². The van der Waals surface area contributed by atoms with Gasteiger partial charge in [-0.3, -0.25) is 24.2 Å². The molecular weight excluding hydrogens is 478 g/mol. The number of fused-ring (bicyclic) bond motifs is 2. The van der Waals surface area contributed by atoms with Crippen LogP contribution in [-0.2, 0) is 24.0 Å². The number of hydrogen-bond donors (Lipinski definition) is 8. The van der Waals surface area contributed by atoms with Crippen molar-refractivity contribution < 1.29 is 39.3 Å². The van der Waals surface area contributed by atoms with Crippen molar-refractivity contribution in [3.05, 3.63) is 0 Å². The van der Waals surface area contributed by atoms with Crippen LogP contribution in [0.4, 0.5) is 0 Å². The molecule has 15 heteroatoms. The fourth-order valence-electron chi connectivity index (χ4n) is 4.76. The molecule has 11 N–H and O–H groups in total. The first-order valence-electron chi connectivity index (χ1n) is 11.8. The lowest BCUT2D eigenvalue weighted by atomic mass is 9.88. The summed E-state index contributed by atoms with van der Waals surface area (Å²) in [5.74, 6) is -5.61. The van der Waals surface area contributed by atoms with Gasteiger partial charge in [0.2, 0.25) is 17.7 Å². The number of nitrogens with zero attached hydrogens (tertiary/aromatic N) is 2. The van der Waals surface area contributed by atoms with Crippen LogP contribution in [0.2, 0.25) is 0 Å². The molecular formula is C21H35N7O8. The van der Waals surface area contributed by atoms with Gasteiger partial charge in [-0.25, -0.2) is 4.79 Å². The van der Waals surface area contributed by atoms with E-state index in [-0.39, 0.29) is 17.9 Å². The number of carboxylic acids is 2. The van der Waals surface area contributed by atoms with Gasteiger partial charge in [-0.15, -0.1) is 0 Å². The third kappa shape index (κ3) is 7.52. The van der Waals surface area contributed by atoms with Gasteiger partial charge in [-0.2, -0.15) is 0 Å². The number of carbonyl (C=O) groups is 5. The predicted octanol–water partition coefficient (Wildman–Crippen LogP) is -3.34. The summed E-state index contributed by atoms with van der Waals surface area (Å²) in [5.41, 5.74) is 16.7. The fraction of sp³-hybridized carbons (Fsp3) is 0.714. The molecule has 3 amide bonds. The van der Waals surface area contributed by atoms with Crippen molar-refractivity contribution in [2.24, 2.45) is 28.1 Å². The molecule has 0 radical (unpaired) electrons. The molecule has 0 spiro atoms. The summed E-state index contributed by atoms with van der Waals surface area (Å²) in [6, 6.07) is -4.55. The first kappa shape index (κ1) is 28.8. The lowest BCUT2D eigenvalue weighted by Gasteiger charge is -2.41. The summed E-state index contributed by atoms with van der Waals surface area (Å²) in [6.07, 6.45) is 2.27. The van der Waals surface area contributed by atoms with Gasteiger partial charge in [0.05, 0.1) is 25.0 Å². The van der Waals surface area contributed by atoms with E-state index in [1.54, 1.807) is 4.90 Å². The van der Waals surface area contributed by atoms with Crippen LogP contribution in [0.1, 0.15) is 44.9 Å². The minimum Gasteiger partial charge on any atom is -0.481 e. The van der Waals surface area contributed by atoms with Gasteiger partial charge in [0.15, 0.2) is 5.96 Å². The van der Waals surface area contributed by atoms with E-state index in [9.17, 15) is 29.1 Å². The SMILES string of the molecule is NC(N)=NCCC[C@H](N)C(=O)N1C2CCC(C(=O)N[C@@H](CC(=O)O)C(=O)N[C@@H](CO)C(=O)O)C1CC2. The number of carbonyl (C=O) groups excluding carboxylic acids is 3. The Bertz CT molecular complexity index is 878. The average Bonchev–Trinajstić information content (AvgIpc) is 3.10. The maximum atomic E-state index is 13.1. The number of aliphatic imine (C=N–C) groups is 1. The van der Waals surface area contributed by atoms with E-state index in [1.807, 2.05) is 5.32 Å². The molecule has 0 aromatic heterocycles. The second-order valence-electron chi connectivity index (χ2n) is 9.02. The second kappa shape index (κ2) is 13.0. The number of carboxylic acid groups (broad SMARTS) is 2. The highest BCUT2D eigenvalue weighted by Crippen LogP contribution is 2.40. The number of aliphatic carboxylic acids is 2. The highest BCUT2D eigenvalue weighted by Gasteiger charge is 2.48. The topological polar surface area (TPSA) is 264 Å². The molecule has 2 aliphatic rings. The number of guanidine groups is 1. The Kier molecular flexibility index (Phi) is 10.4. The zero-order valence-corrected chi connectivity index (χ0v) is 19.8. The number of amides is 3. The first-order chi connectivity index (χ1) is 17.0. The molecule has 2 bridgehead atoms. The van der Waals surface area contributed by atoms with Crippen LogP contribution in [0, 0.1) is 5.92 Å². The summed E-state index contributed by atoms with van der Waals surface area (Å²) in [6.45, 7) is -0.586.